The Morgan fingerprint density at radius 3 is 0.385 bits per heavy atom. The third-order valence-electron chi connectivity index (χ3n) is 0. The van der Waals surface area contributed by atoms with Gasteiger partial charge in [0.25, 0.3) is 63.2 Å². The molecule has 0 aliphatic heterocycles. The van der Waals surface area contributed by atoms with Crippen LogP contribution in [0, 0.1) is 40.8 Å². The fourth-order valence-electron chi connectivity index (χ4n) is 0. The van der Waals surface area contributed by atoms with Crippen molar-refractivity contribution in [2.24, 2.45) is 0 Å². The molecule has 82 valence electrons. The summed E-state index contributed by atoms with van der Waals surface area (Å²) in [7, 11) is 0. The van der Waals surface area contributed by atoms with E-state index in [1.54, 1.807) is 0 Å². The van der Waals surface area contributed by atoms with E-state index in [0.29, 0.717) is 0 Å². The third kappa shape index (κ3) is 261. The van der Waals surface area contributed by atoms with Gasteiger partial charge in [0.05, 0.1) is 0 Å². The Kier molecular flexibility index (Phi) is 39.8. The van der Waals surface area contributed by atoms with Crippen LogP contribution in [0.25, 0.3) is 0 Å². The summed E-state index contributed by atoms with van der Waals surface area (Å²) in [6.45, 7) is 0. The Bertz CT molecular complexity index is 43.4. The van der Waals surface area contributed by atoms with Gasteiger partial charge in [-0.1, -0.05) is 0 Å². The molecule has 0 N–H and O–H groups in total. The maximum Gasteiger partial charge on any atom is 0.282 e. The molecule has 0 aliphatic carbocycles. The van der Waals surface area contributed by atoms with E-state index in [9.17, 15) is 0 Å². The van der Waals surface area contributed by atoms with Gasteiger partial charge in [-0.3, -0.25) is 0 Å². The molecule has 0 aromatic heterocycles. The smallest absolute Gasteiger partial charge is 0.282 e. The van der Waals surface area contributed by atoms with E-state index >= 15 is 0 Å². The minimum atomic E-state index is -4.01. The van der Waals surface area contributed by atoms with Crippen LogP contribution < -0.4 is 94.1 Å². The zero-order valence-corrected chi connectivity index (χ0v) is 15.0. The van der Waals surface area contributed by atoms with Crippen molar-refractivity contribution in [1.29, 1.82) is 0 Å². The molecule has 0 rings (SSSR count). The van der Waals surface area contributed by atoms with Crippen LogP contribution in [0.3, 0.4) is 0 Å². The normalized spacial score (nSPS) is 8.31. The van der Waals surface area contributed by atoms with Crippen molar-refractivity contribution >= 4 is 0 Å². The van der Waals surface area contributed by atoms with Crippen LogP contribution in [0.2, 0.25) is 0 Å². The van der Waals surface area contributed by atoms with Gasteiger partial charge < -0.3 is 30.9 Å². The van der Waals surface area contributed by atoms with Gasteiger partial charge in [-0.2, -0.15) is 0 Å². The fourth-order valence-corrected chi connectivity index (χ4v) is 0. The van der Waals surface area contributed by atoms with Gasteiger partial charge >= 0.3 is 0 Å². The molecule has 0 amide bonds. The van der Waals surface area contributed by atoms with E-state index in [1.807, 2.05) is 0 Å². The van der Waals surface area contributed by atoms with Crippen LogP contribution in [0.4, 0.5) is 0 Å². The molecular weight excluding hydrogens is 669 g/mol. The minimum Gasteiger partial charge on any atom is -0.427 e. The van der Waals surface area contributed by atoms with Crippen LogP contribution >= 0.6 is 0 Å². The summed E-state index contributed by atoms with van der Waals surface area (Å²) in [5.74, 6) is 0. The molecule has 0 unspecified atom stereocenters. The van der Waals surface area contributed by atoms with Gasteiger partial charge in [-0.05, 0) is 0 Å². The second kappa shape index (κ2) is 20.6. The fraction of sp³-hybridized carbons (Fsp3) is 0. The van der Waals surface area contributed by atoms with Crippen molar-refractivity contribution in [1.82, 2.24) is 0 Å². The van der Waals surface area contributed by atoms with Crippen molar-refractivity contribution in [2.75, 3.05) is 0 Å². The van der Waals surface area contributed by atoms with E-state index in [2.05, 4.69) is 0 Å². The number of hydrogen-bond acceptors (Lipinski definition) is 9. The topological polar surface area (TPSA) is 208 Å². The van der Waals surface area contributed by atoms with Crippen molar-refractivity contribution in [3.63, 3.8) is 0 Å². The van der Waals surface area contributed by atoms with Gasteiger partial charge in [0, 0.05) is 40.8 Å². The van der Waals surface area contributed by atoms with Crippen molar-refractivity contribution < 1.29 is 135 Å². The van der Waals surface area contributed by atoms with Gasteiger partial charge in [0.15, 0.2) is 0 Å². The Balaban J connectivity index is -0.0000000450. The predicted molar refractivity (Wildman–Crippen MR) is 0 cm³/mol. The molecule has 0 aromatic carbocycles. The predicted octanol–water partition coefficient (Wildman–Crippen LogP) is -19.7. The maximum atomic E-state index is 8.57. The first kappa shape index (κ1) is 25.1. The molecule has 9 nitrogen and oxygen atoms in total. The van der Waals surface area contributed by atoms with E-state index in [4.69, 9.17) is 30.9 Å². The SMILES string of the molecule is [Nd].[O-][I+2]([O-])[O-].[O-][I+2]([O-])[O-].[O-][I+2]([O-])[O-]. The van der Waals surface area contributed by atoms with Gasteiger partial charge in [0.1, 0.15) is 0 Å². The summed E-state index contributed by atoms with van der Waals surface area (Å²) in [5, 5.41) is 0. The number of rotatable bonds is 0. The summed E-state index contributed by atoms with van der Waals surface area (Å²) in [6, 6.07) is 0. The summed E-state index contributed by atoms with van der Waals surface area (Å²) < 4.78 is 77.2. The summed E-state index contributed by atoms with van der Waals surface area (Å²) >= 11 is -12.0. The molecule has 0 radical (unpaired) electrons. The molecule has 0 fully saturated rings. The van der Waals surface area contributed by atoms with Crippen molar-refractivity contribution in [3.05, 3.63) is 0 Å². The molecule has 13 heteroatoms. The van der Waals surface area contributed by atoms with Crippen LogP contribution in [0.15, 0.2) is 0 Å². The molecular formula is I3NdO9-3. The van der Waals surface area contributed by atoms with Crippen LogP contribution in [0.1, 0.15) is 0 Å². The number of halogens is 3. The van der Waals surface area contributed by atoms with Crippen molar-refractivity contribution in [3.8, 4) is 0 Å². The quantitative estimate of drug-likeness (QED) is 0.224. The van der Waals surface area contributed by atoms with Crippen LogP contribution in [0.5, 0.6) is 0 Å². The van der Waals surface area contributed by atoms with E-state index in [1.165, 1.54) is 0 Å². The molecule has 0 bridgehead atoms. The third-order valence-corrected chi connectivity index (χ3v) is 0. The minimum absolute atomic E-state index is 0. The second-order valence-electron chi connectivity index (χ2n) is 0.567. The zero-order valence-electron chi connectivity index (χ0n) is 5.31. The molecule has 0 saturated carbocycles. The monoisotopic (exact) mass is 667 g/mol. The molecule has 0 aromatic rings. The second-order valence-corrected chi connectivity index (χ2v) is 3.80. The van der Waals surface area contributed by atoms with Crippen molar-refractivity contribution in [2.45, 2.75) is 0 Å². The number of hydrogen-bond donors (Lipinski definition) is 0. The van der Waals surface area contributed by atoms with E-state index in [0.717, 1.165) is 0 Å². The Labute approximate surface area is 132 Å². The molecule has 13 heavy (non-hydrogen) atoms. The van der Waals surface area contributed by atoms with E-state index < -0.39 is 63.2 Å². The first-order valence-corrected chi connectivity index (χ1v) is 9.32. The molecule has 0 saturated heterocycles. The van der Waals surface area contributed by atoms with Gasteiger partial charge in [-0.25, -0.2) is 0 Å². The first-order valence-electron chi connectivity index (χ1n) is 1.39. The molecule has 0 atom stereocenters. The summed E-state index contributed by atoms with van der Waals surface area (Å²) in [4.78, 5) is 0. The maximum absolute atomic E-state index is 8.57. The van der Waals surface area contributed by atoms with Gasteiger partial charge in [-0.15, -0.1) is 0 Å². The molecule has 0 heterocycles. The Morgan fingerprint density at radius 2 is 0.385 bits per heavy atom. The summed E-state index contributed by atoms with van der Waals surface area (Å²) in [6.07, 6.45) is 0. The Hall–Kier alpha value is 3.18. The summed E-state index contributed by atoms with van der Waals surface area (Å²) in [5.41, 5.74) is 0. The average Bonchev–Trinajstić information content (AvgIpc) is 1.54. The average molecular weight is 669 g/mol. The first-order chi connectivity index (χ1) is 5.20. The molecule has 0 spiro atoms. The van der Waals surface area contributed by atoms with Crippen LogP contribution in [-0.2, 0) is 0 Å². The zero-order chi connectivity index (χ0) is 10.7. The van der Waals surface area contributed by atoms with E-state index in [-0.39, 0.29) is 40.8 Å². The largest absolute Gasteiger partial charge is 0.427 e. The standard InChI is InChI=1S/3IO3.Nd/c3*2-1(3)4;/q3*-1;. The Morgan fingerprint density at radius 1 is 0.385 bits per heavy atom. The van der Waals surface area contributed by atoms with Crippen LogP contribution in [-0.4, -0.2) is 0 Å². The van der Waals surface area contributed by atoms with Gasteiger partial charge in [0.2, 0.25) is 0 Å². The molecule has 0 aliphatic rings.